The molecule has 0 N–H and O–H groups in total. The number of hydrogen-bond donors (Lipinski definition) is 0. The van der Waals surface area contributed by atoms with Gasteiger partial charge in [-0.05, 0) is 144 Å². The lowest BCUT2D eigenvalue weighted by Crippen LogP contribution is -1.92. The van der Waals surface area contributed by atoms with Crippen molar-refractivity contribution in [3.05, 3.63) is 61.8 Å². The van der Waals surface area contributed by atoms with Gasteiger partial charge in [-0.1, -0.05) is 0 Å². The second kappa shape index (κ2) is 6.69. The summed E-state index contributed by atoms with van der Waals surface area (Å²) in [6.45, 7) is 0. The molecular formula is C13H8I4. The second-order valence-electron chi connectivity index (χ2n) is 3.73. The summed E-state index contributed by atoms with van der Waals surface area (Å²) in [6.07, 6.45) is 1.01. The van der Waals surface area contributed by atoms with Gasteiger partial charge in [0.2, 0.25) is 0 Å². The highest BCUT2D eigenvalue weighted by atomic mass is 127. The molecular weight excluding hydrogens is 664 g/mol. The van der Waals surface area contributed by atoms with Gasteiger partial charge < -0.3 is 0 Å². The van der Waals surface area contributed by atoms with Gasteiger partial charge in [-0.2, -0.15) is 0 Å². The second-order valence-corrected chi connectivity index (χ2v) is 8.71. The zero-order valence-corrected chi connectivity index (χ0v) is 17.3. The largest absolute Gasteiger partial charge is 0.0452 e. The van der Waals surface area contributed by atoms with E-state index < -0.39 is 0 Å². The highest BCUT2D eigenvalue weighted by Crippen LogP contribution is 2.20. The molecule has 0 aromatic heterocycles. The average Bonchev–Trinajstić information content (AvgIpc) is 2.13. The van der Waals surface area contributed by atoms with Gasteiger partial charge in [-0.25, -0.2) is 0 Å². The first-order valence-corrected chi connectivity index (χ1v) is 9.24. The molecule has 88 valence electrons. The summed E-state index contributed by atoms with van der Waals surface area (Å²) < 4.78 is 5.24. The molecule has 0 saturated carbocycles. The van der Waals surface area contributed by atoms with Crippen molar-refractivity contribution in [3.8, 4) is 0 Å². The fourth-order valence-corrected chi connectivity index (χ4v) is 5.80. The summed E-state index contributed by atoms with van der Waals surface area (Å²) in [7, 11) is 0. The summed E-state index contributed by atoms with van der Waals surface area (Å²) in [5.41, 5.74) is 2.78. The molecule has 17 heavy (non-hydrogen) atoms. The van der Waals surface area contributed by atoms with E-state index in [4.69, 9.17) is 0 Å². The monoisotopic (exact) mass is 672 g/mol. The summed E-state index contributed by atoms with van der Waals surface area (Å²) in [4.78, 5) is 0. The van der Waals surface area contributed by atoms with Gasteiger partial charge in [-0.3, -0.25) is 0 Å². The van der Waals surface area contributed by atoms with E-state index in [0.717, 1.165) is 6.42 Å². The molecule has 0 aliphatic rings. The summed E-state index contributed by atoms with van der Waals surface area (Å²) in [6, 6.07) is 13.4. The van der Waals surface area contributed by atoms with E-state index in [0.29, 0.717) is 0 Å². The van der Waals surface area contributed by atoms with Crippen molar-refractivity contribution in [1.29, 1.82) is 0 Å². The van der Waals surface area contributed by atoms with Crippen molar-refractivity contribution in [2.24, 2.45) is 0 Å². The van der Waals surface area contributed by atoms with Gasteiger partial charge in [0.15, 0.2) is 0 Å². The van der Waals surface area contributed by atoms with Gasteiger partial charge in [0.25, 0.3) is 0 Å². The van der Waals surface area contributed by atoms with Crippen molar-refractivity contribution in [2.45, 2.75) is 6.42 Å². The number of hydrogen-bond acceptors (Lipinski definition) is 0. The van der Waals surface area contributed by atoms with E-state index in [9.17, 15) is 0 Å². The van der Waals surface area contributed by atoms with E-state index >= 15 is 0 Å². The first-order valence-electron chi connectivity index (χ1n) is 4.93. The molecule has 0 atom stereocenters. The Balaban J connectivity index is 2.31. The van der Waals surface area contributed by atoms with Crippen LogP contribution < -0.4 is 0 Å². The maximum atomic E-state index is 2.38. The van der Waals surface area contributed by atoms with Crippen LogP contribution in [0.3, 0.4) is 0 Å². The lowest BCUT2D eigenvalue weighted by atomic mass is 10.1. The minimum Gasteiger partial charge on any atom is -0.0452 e. The Morgan fingerprint density at radius 1 is 0.529 bits per heavy atom. The smallest absolute Gasteiger partial charge is 0.0143 e. The van der Waals surface area contributed by atoms with Gasteiger partial charge in [0, 0.05) is 14.3 Å². The molecule has 0 fully saturated rings. The maximum Gasteiger partial charge on any atom is 0.0143 e. The highest BCUT2D eigenvalue weighted by molar-refractivity contribution is 14.1. The molecule has 0 bridgehead atoms. The van der Waals surface area contributed by atoms with E-state index in [1.165, 1.54) is 25.4 Å². The number of benzene rings is 2. The number of rotatable bonds is 2. The Morgan fingerprint density at radius 2 is 0.824 bits per heavy atom. The zero-order valence-electron chi connectivity index (χ0n) is 8.68. The van der Waals surface area contributed by atoms with Crippen LogP contribution >= 0.6 is 90.4 Å². The van der Waals surface area contributed by atoms with Crippen LogP contribution in [0.2, 0.25) is 0 Å². The fourth-order valence-electron chi connectivity index (χ4n) is 1.66. The van der Waals surface area contributed by atoms with E-state index in [1.54, 1.807) is 0 Å². The molecule has 0 aliphatic carbocycles. The Labute approximate surface area is 156 Å². The molecule has 2 aromatic rings. The molecule has 0 nitrogen and oxygen atoms in total. The first kappa shape index (κ1) is 14.8. The van der Waals surface area contributed by atoms with Crippen molar-refractivity contribution in [1.82, 2.24) is 0 Å². The molecule has 2 aromatic carbocycles. The van der Waals surface area contributed by atoms with E-state index in [1.807, 2.05) is 0 Å². The van der Waals surface area contributed by atoms with Crippen LogP contribution in [0.15, 0.2) is 36.4 Å². The topological polar surface area (TPSA) is 0 Å². The van der Waals surface area contributed by atoms with Gasteiger partial charge in [-0.15, -0.1) is 0 Å². The molecule has 0 aliphatic heterocycles. The predicted octanol–water partition coefficient (Wildman–Crippen LogP) is 5.70. The average molecular weight is 672 g/mol. The molecule has 0 spiro atoms. The van der Waals surface area contributed by atoms with Crippen molar-refractivity contribution < 1.29 is 0 Å². The lowest BCUT2D eigenvalue weighted by molar-refractivity contribution is 1.17. The van der Waals surface area contributed by atoms with E-state index in [2.05, 4.69) is 127 Å². The van der Waals surface area contributed by atoms with Crippen molar-refractivity contribution >= 4 is 90.4 Å². The van der Waals surface area contributed by atoms with Crippen LogP contribution in [0.4, 0.5) is 0 Å². The Hall–Kier alpha value is 1.36. The van der Waals surface area contributed by atoms with E-state index in [-0.39, 0.29) is 0 Å². The van der Waals surface area contributed by atoms with Crippen molar-refractivity contribution in [2.75, 3.05) is 0 Å². The normalized spacial score (nSPS) is 10.6. The van der Waals surface area contributed by atoms with Gasteiger partial charge in [0.1, 0.15) is 0 Å². The molecule has 4 heteroatoms. The predicted molar refractivity (Wildman–Crippen MR) is 107 cm³/mol. The lowest BCUT2D eigenvalue weighted by Gasteiger charge is -2.05. The minimum atomic E-state index is 1.01. The fraction of sp³-hybridized carbons (Fsp3) is 0.0769. The highest BCUT2D eigenvalue weighted by Gasteiger charge is 2.02. The molecule has 0 unspecified atom stereocenters. The molecule has 0 saturated heterocycles. The summed E-state index contributed by atoms with van der Waals surface area (Å²) >= 11 is 9.52. The molecule has 0 heterocycles. The third-order valence-corrected chi connectivity index (χ3v) is 4.74. The minimum absolute atomic E-state index is 1.01. The van der Waals surface area contributed by atoms with Gasteiger partial charge >= 0.3 is 0 Å². The van der Waals surface area contributed by atoms with Crippen LogP contribution in [0, 0.1) is 14.3 Å². The Morgan fingerprint density at radius 3 is 1.12 bits per heavy atom. The molecule has 0 amide bonds. The third-order valence-electron chi connectivity index (χ3n) is 2.25. The van der Waals surface area contributed by atoms with Gasteiger partial charge in [0.05, 0.1) is 0 Å². The Kier molecular flexibility index (Phi) is 5.81. The van der Waals surface area contributed by atoms with Crippen LogP contribution in [-0.4, -0.2) is 0 Å². The summed E-state index contributed by atoms with van der Waals surface area (Å²) in [5.74, 6) is 0. The zero-order chi connectivity index (χ0) is 12.4. The quantitative estimate of drug-likeness (QED) is 0.360. The summed E-state index contributed by atoms with van der Waals surface area (Å²) in [5, 5.41) is 0. The van der Waals surface area contributed by atoms with Crippen LogP contribution in [0.1, 0.15) is 11.1 Å². The molecule has 0 radical (unpaired) electrons. The number of halogens is 4. The molecule has 2 rings (SSSR count). The van der Waals surface area contributed by atoms with Crippen LogP contribution in [0.5, 0.6) is 0 Å². The van der Waals surface area contributed by atoms with Crippen LogP contribution in [0.25, 0.3) is 0 Å². The SMILES string of the molecule is Ic1cc(I)cc(Cc2cc(I)cc(I)c2)c1. The maximum absolute atomic E-state index is 2.38. The first-order chi connectivity index (χ1) is 8.02. The Bertz CT molecular complexity index is 459. The third kappa shape index (κ3) is 4.75. The van der Waals surface area contributed by atoms with Crippen molar-refractivity contribution in [3.63, 3.8) is 0 Å². The standard InChI is InChI=1S/C13H8I4/c14-10-2-8(3-11(15)6-10)1-9-4-12(16)7-13(17)5-9/h2-7H,1H2. The van der Waals surface area contributed by atoms with Crippen LogP contribution in [-0.2, 0) is 6.42 Å².